The van der Waals surface area contributed by atoms with E-state index >= 15 is 0 Å². The molecule has 2 N–H and O–H groups in total. The van der Waals surface area contributed by atoms with E-state index in [2.05, 4.69) is 0 Å². The lowest BCUT2D eigenvalue weighted by Gasteiger charge is -2.27. The summed E-state index contributed by atoms with van der Waals surface area (Å²) in [5.74, 6) is 0.0398. The second-order valence-electron chi connectivity index (χ2n) is 5.92. The Balaban J connectivity index is 0.00000200. The minimum Gasteiger partial charge on any atom is -0.341 e. The number of carbonyl (C=O) groups is 2. The number of nitrogens with zero attached hydrogens (tertiary/aromatic N) is 2. The van der Waals surface area contributed by atoms with E-state index in [1.54, 1.807) is 11.9 Å². The van der Waals surface area contributed by atoms with Gasteiger partial charge in [0, 0.05) is 38.6 Å². The number of nitrogens with two attached hydrogens (primary N) is 1. The third-order valence-electron chi connectivity index (χ3n) is 4.62. The predicted molar refractivity (Wildman–Crippen MR) is 80.6 cm³/mol. The summed E-state index contributed by atoms with van der Waals surface area (Å²) in [6.07, 6.45) is 4.98. The molecule has 116 valence electrons. The largest absolute Gasteiger partial charge is 0.341 e. The van der Waals surface area contributed by atoms with Gasteiger partial charge in [-0.2, -0.15) is 0 Å². The van der Waals surface area contributed by atoms with E-state index in [1.165, 1.54) is 12.8 Å². The van der Waals surface area contributed by atoms with E-state index in [9.17, 15) is 9.59 Å². The van der Waals surface area contributed by atoms with Crippen LogP contribution in [0.2, 0.25) is 0 Å². The quantitative estimate of drug-likeness (QED) is 0.843. The molecule has 0 spiro atoms. The van der Waals surface area contributed by atoms with Crippen molar-refractivity contribution >= 4 is 24.2 Å². The summed E-state index contributed by atoms with van der Waals surface area (Å²) in [4.78, 5) is 28.0. The summed E-state index contributed by atoms with van der Waals surface area (Å²) in [5.41, 5.74) is 5.59. The van der Waals surface area contributed by atoms with Crippen LogP contribution in [0.3, 0.4) is 0 Å². The lowest BCUT2D eigenvalue weighted by atomic mass is 10.1. The van der Waals surface area contributed by atoms with E-state index < -0.39 is 0 Å². The Labute approximate surface area is 127 Å². The standard InChI is InChI=1S/C14H25N3O2.ClH/c1-10(8-15)16(2)14(19)11-7-13(18)17(9-11)12-5-3-4-6-12;/h10-12H,3-9,15H2,1-2H3;1H. The molecule has 1 saturated carbocycles. The van der Waals surface area contributed by atoms with Crippen LogP contribution in [-0.4, -0.2) is 53.8 Å². The van der Waals surface area contributed by atoms with Gasteiger partial charge >= 0.3 is 0 Å². The Morgan fingerprint density at radius 2 is 2.05 bits per heavy atom. The fourth-order valence-corrected chi connectivity index (χ4v) is 3.13. The molecule has 20 heavy (non-hydrogen) atoms. The maximum atomic E-state index is 12.3. The van der Waals surface area contributed by atoms with Crippen LogP contribution in [0.1, 0.15) is 39.0 Å². The number of hydrogen-bond acceptors (Lipinski definition) is 3. The first kappa shape index (κ1) is 17.2. The molecule has 2 aliphatic rings. The van der Waals surface area contributed by atoms with Crippen LogP contribution in [0.4, 0.5) is 0 Å². The molecule has 6 heteroatoms. The number of carbonyl (C=O) groups excluding carboxylic acids is 2. The van der Waals surface area contributed by atoms with Crippen LogP contribution < -0.4 is 5.73 Å². The molecule has 2 unspecified atom stereocenters. The molecule has 1 aliphatic heterocycles. The van der Waals surface area contributed by atoms with Gasteiger partial charge in [0.05, 0.1) is 5.92 Å². The van der Waals surface area contributed by atoms with Crippen molar-refractivity contribution in [2.75, 3.05) is 20.1 Å². The topological polar surface area (TPSA) is 66.6 Å². The van der Waals surface area contributed by atoms with Gasteiger partial charge in [0.1, 0.15) is 0 Å². The van der Waals surface area contributed by atoms with Crippen LogP contribution in [0.5, 0.6) is 0 Å². The summed E-state index contributed by atoms with van der Waals surface area (Å²) in [7, 11) is 1.78. The van der Waals surface area contributed by atoms with Gasteiger partial charge in [-0.25, -0.2) is 0 Å². The first-order valence-electron chi connectivity index (χ1n) is 7.30. The summed E-state index contributed by atoms with van der Waals surface area (Å²) in [6, 6.07) is 0.408. The summed E-state index contributed by atoms with van der Waals surface area (Å²) >= 11 is 0. The van der Waals surface area contributed by atoms with Gasteiger partial charge in [-0.15, -0.1) is 12.4 Å². The molecule has 0 aromatic carbocycles. The normalized spacial score (nSPS) is 24.6. The van der Waals surface area contributed by atoms with Gasteiger partial charge < -0.3 is 15.5 Å². The molecular formula is C14H26ClN3O2. The zero-order valence-corrected chi connectivity index (χ0v) is 13.2. The maximum Gasteiger partial charge on any atom is 0.228 e. The van der Waals surface area contributed by atoms with Crippen molar-refractivity contribution < 1.29 is 9.59 Å². The summed E-state index contributed by atoms with van der Waals surface area (Å²) < 4.78 is 0. The van der Waals surface area contributed by atoms with Crippen LogP contribution in [0.25, 0.3) is 0 Å². The number of rotatable bonds is 4. The van der Waals surface area contributed by atoms with E-state index in [1.807, 2.05) is 11.8 Å². The van der Waals surface area contributed by atoms with E-state index in [4.69, 9.17) is 5.73 Å². The first-order valence-corrected chi connectivity index (χ1v) is 7.30. The van der Waals surface area contributed by atoms with Crippen molar-refractivity contribution in [1.29, 1.82) is 0 Å². The van der Waals surface area contributed by atoms with Gasteiger partial charge in [0.25, 0.3) is 0 Å². The van der Waals surface area contributed by atoms with Gasteiger partial charge in [0.15, 0.2) is 0 Å². The molecule has 2 rings (SSSR count). The Kier molecular flexibility index (Phi) is 6.27. The number of likely N-dealkylation sites (tertiary alicyclic amines) is 1. The molecule has 2 atom stereocenters. The molecule has 5 nitrogen and oxygen atoms in total. The van der Waals surface area contributed by atoms with Gasteiger partial charge in [-0.3, -0.25) is 9.59 Å². The number of hydrogen-bond donors (Lipinski definition) is 1. The number of amides is 2. The fraction of sp³-hybridized carbons (Fsp3) is 0.857. The monoisotopic (exact) mass is 303 g/mol. The Hall–Kier alpha value is -0.810. The SMILES string of the molecule is CC(CN)N(C)C(=O)C1CC(=O)N(C2CCCC2)C1.Cl. The molecule has 1 saturated heterocycles. The fourth-order valence-electron chi connectivity index (χ4n) is 3.13. The zero-order chi connectivity index (χ0) is 14.0. The molecular weight excluding hydrogens is 278 g/mol. The molecule has 0 bridgehead atoms. The highest BCUT2D eigenvalue weighted by Gasteiger charge is 2.39. The molecule has 1 aliphatic carbocycles. The highest BCUT2D eigenvalue weighted by atomic mass is 35.5. The van der Waals surface area contributed by atoms with Crippen LogP contribution >= 0.6 is 12.4 Å². The number of likely N-dealkylation sites (N-methyl/N-ethyl adjacent to an activating group) is 1. The molecule has 1 heterocycles. The predicted octanol–water partition coefficient (Wildman–Crippen LogP) is 1.00. The Morgan fingerprint density at radius 1 is 1.45 bits per heavy atom. The summed E-state index contributed by atoms with van der Waals surface area (Å²) in [5, 5.41) is 0. The van der Waals surface area contributed by atoms with Gasteiger partial charge in [0.2, 0.25) is 11.8 Å². The van der Waals surface area contributed by atoms with E-state index in [-0.39, 0.29) is 36.2 Å². The van der Waals surface area contributed by atoms with Crippen molar-refractivity contribution in [3.8, 4) is 0 Å². The first-order chi connectivity index (χ1) is 9.04. The Bertz CT molecular complexity index is 358. The lowest BCUT2D eigenvalue weighted by Crippen LogP contribution is -2.43. The molecule has 2 amide bonds. The highest BCUT2D eigenvalue weighted by molar-refractivity contribution is 5.89. The molecule has 0 aromatic heterocycles. The third-order valence-corrected chi connectivity index (χ3v) is 4.62. The average molecular weight is 304 g/mol. The van der Waals surface area contributed by atoms with Crippen molar-refractivity contribution in [3.05, 3.63) is 0 Å². The average Bonchev–Trinajstić information content (AvgIpc) is 3.04. The minimum atomic E-state index is -0.174. The Morgan fingerprint density at radius 3 is 2.60 bits per heavy atom. The third kappa shape index (κ3) is 3.44. The van der Waals surface area contributed by atoms with Crippen molar-refractivity contribution in [2.45, 2.75) is 51.1 Å². The van der Waals surface area contributed by atoms with Gasteiger partial charge in [-0.1, -0.05) is 12.8 Å². The second kappa shape index (κ2) is 7.27. The minimum absolute atomic E-state index is 0. The lowest BCUT2D eigenvalue weighted by molar-refractivity contribution is -0.136. The molecule has 0 aromatic rings. The van der Waals surface area contributed by atoms with Crippen molar-refractivity contribution in [1.82, 2.24) is 9.80 Å². The van der Waals surface area contributed by atoms with Gasteiger partial charge in [-0.05, 0) is 19.8 Å². The van der Waals surface area contributed by atoms with Crippen molar-refractivity contribution in [2.24, 2.45) is 11.7 Å². The molecule has 0 radical (unpaired) electrons. The van der Waals surface area contributed by atoms with E-state index in [0.717, 1.165) is 12.8 Å². The number of halogens is 1. The zero-order valence-electron chi connectivity index (χ0n) is 12.4. The van der Waals surface area contributed by atoms with Crippen molar-refractivity contribution in [3.63, 3.8) is 0 Å². The van der Waals surface area contributed by atoms with E-state index in [0.29, 0.717) is 25.6 Å². The smallest absolute Gasteiger partial charge is 0.228 e. The molecule has 2 fully saturated rings. The maximum absolute atomic E-state index is 12.3. The van der Waals surface area contributed by atoms with Crippen LogP contribution in [-0.2, 0) is 9.59 Å². The second-order valence-corrected chi connectivity index (χ2v) is 5.92. The van der Waals surface area contributed by atoms with Crippen LogP contribution in [0.15, 0.2) is 0 Å². The highest BCUT2D eigenvalue weighted by Crippen LogP contribution is 2.30. The summed E-state index contributed by atoms with van der Waals surface area (Å²) in [6.45, 7) is 2.99. The van der Waals surface area contributed by atoms with Crippen LogP contribution in [0, 0.1) is 5.92 Å².